The number of amides is 2. The van der Waals surface area contributed by atoms with Gasteiger partial charge in [-0.15, -0.1) is 0 Å². The Morgan fingerprint density at radius 1 is 1.05 bits per heavy atom. The van der Waals surface area contributed by atoms with Crippen LogP contribution in [-0.2, 0) is 4.79 Å². The van der Waals surface area contributed by atoms with E-state index in [1.807, 2.05) is 6.07 Å². The summed E-state index contributed by atoms with van der Waals surface area (Å²) in [6, 6.07) is 12.3. The molecular weight excluding hydrogens is 280 g/mol. The molecule has 0 saturated carbocycles. The number of fused-ring (bicyclic) bond motifs is 1. The summed E-state index contributed by atoms with van der Waals surface area (Å²) in [6.45, 7) is 1.43. The maximum atomic E-state index is 12.4. The monoisotopic (exact) mass is 294 g/mol. The van der Waals surface area contributed by atoms with Gasteiger partial charge in [-0.25, -0.2) is 4.98 Å². The summed E-state index contributed by atoms with van der Waals surface area (Å²) in [5.41, 5.74) is 3.15. The van der Waals surface area contributed by atoms with E-state index in [2.05, 4.69) is 20.6 Å². The summed E-state index contributed by atoms with van der Waals surface area (Å²) in [5, 5.41) is 5.49. The van der Waals surface area contributed by atoms with E-state index < -0.39 is 0 Å². The maximum absolute atomic E-state index is 12.4. The van der Waals surface area contributed by atoms with Crippen molar-refractivity contribution in [1.29, 1.82) is 0 Å². The smallest absolute Gasteiger partial charge is 0.257 e. The highest BCUT2D eigenvalue weighted by Gasteiger charge is 2.12. The summed E-state index contributed by atoms with van der Waals surface area (Å²) in [6.07, 6.45) is 1.55. The molecule has 3 aromatic rings. The van der Waals surface area contributed by atoms with Gasteiger partial charge < -0.3 is 15.6 Å². The molecule has 0 aliphatic heterocycles. The Bertz CT molecular complexity index is 854. The Hall–Kier alpha value is -3.15. The predicted octanol–water partition coefficient (Wildman–Crippen LogP) is 2.77. The Morgan fingerprint density at radius 2 is 1.77 bits per heavy atom. The number of aromatic nitrogens is 2. The lowest BCUT2D eigenvalue weighted by molar-refractivity contribution is -0.114. The van der Waals surface area contributed by atoms with Crippen molar-refractivity contribution < 1.29 is 9.59 Å². The molecule has 22 heavy (non-hydrogen) atoms. The second-order valence-corrected chi connectivity index (χ2v) is 4.82. The third kappa shape index (κ3) is 2.80. The molecule has 0 aliphatic carbocycles. The van der Waals surface area contributed by atoms with E-state index in [4.69, 9.17) is 0 Å². The largest absolute Gasteiger partial charge is 0.345 e. The number of rotatable bonds is 3. The van der Waals surface area contributed by atoms with E-state index in [1.54, 1.807) is 42.7 Å². The van der Waals surface area contributed by atoms with Crippen LogP contribution in [-0.4, -0.2) is 21.8 Å². The van der Waals surface area contributed by atoms with Crippen LogP contribution in [0, 0.1) is 0 Å². The van der Waals surface area contributed by atoms with Gasteiger partial charge in [-0.2, -0.15) is 0 Å². The summed E-state index contributed by atoms with van der Waals surface area (Å²) >= 11 is 0. The minimum absolute atomic E-state index is 0.162. The Labute approximate surface area is 126 Å². The molecule has 0 aliphatic rings. The highest BCUT2D eigenvalue weighted by Crippen LogP contribution is 2.19. The first-order valence-corrected chi connectivity index (χ1v) is 6.74. The zero-order valence-corrected chi connectivity index (χ0v) is 11.9. The van der Waals surface area contributed by atoms with Gasteiger partial charge in [0.15, 0.2) is 0 Å². The first kappa shape index (κ1) is 13.8. The van der Waals surface area contributed by atoms with Gasteiger partial charge in [-0.05, 0) is 30.3 Å². The molecule has 0 unspecified atom stereocenters. The highest BCUT2D eigenvalue weighted by atomic mass is 16.2. The number of carbonyl (C=O) groups is 2. The van der Waals surface area contributed by atoms with Gasteiger partial charge in [0.1, 0.15) is 5.52 Å². The van der Waals surface area contributed by atoms with Gasteiger partial charge in [0.05, 0.1) is 17.4 Å². The highest BCUT2D eigenvalue weighted by molar-refractivity contribution is 6.11. The van der Waals surface area contributed by atoms with E-state index in [0.29, 0.717) is 22.5 Å². The standard InChI is InChI=1S/C16H14N4O2/c1-10(21)19-11-4-2-5-12(8-11)20-16(22)13-6-3-7-14-15(13)18-9-17-14/h2-9H,1H3,(H,17,18)(H,19,21)(H,20,22). The van der Waals surface area contributed by atoms with Crippen molar-refractivity contribution in [2.75, 3.05) is 10.6 Å². The van der Waals surface area contributed by atoms with Crippen LogP contribution in [0.25, 0.3) is 11.0 Å². The SMILES string of the molecule is CC(=O)Nc1cccc(NC(=O)c2cccc3[nH]cnc23)c1. The summed E-state index contributed by atoms with van der Waals surface area (Å²) < 4.78 is 0. The Morgan fingerprint density at radius 3 is 2.55 bits per heavy atom. The zero-order valence-electron chi connectivity index (χ0n) is 11.9. The average Bonchev–Trinajstić information content (AvgIpc) is 2.95. The quantitative estimate of drug-likeness (QED) is 0.694. The van der Waals surface area contributed by atoms with Crippen LogP contribution in [0.4, 0.5) is 11.4 Å². The van der Waals surface area contributed by atoms with Crippen LogP contribution in [0.3, 0.4) is 0 Å². The topological polar surface area (TPSA) is 86.9 Å². The van der Waals surface area contributed by atoms with Crippen LogP contribution in [0.15, 0.2) is 48.8 Å². The number of aromatic amines is 1. The van der Waals surface area contributed by atoms with Crippen LogP contribution >= 0.6 is 0 Å². The fourth-order valence-electron chi connectivity index (χ4n) is 2.23. The van der Waals surface area contributed by atoms with E-state index >= 15 is 0 Å². The minimum atomic E-state index is -0.252. The van der Waals surface area contributed by atoms with Gasteiger partial charge >= 0.3 is 0 Å². The number of benzene rings is 2. The van der Waals surface area contributed by atoms with Crippen molar-refractivity contribution in [3.63, 3.8) is 0 Å². The van der Waals surface area contributed by atoms with Gasteiger partial charge in [0, 0.05) is 18.3 Å². The number of hydrogen-bond acceptors (Lipinski definition) is 3. The van der Waals surface area contributed by atoms with Crippen LogP contribution < -0.4 is 10.6 Å². The predicted molar refractivity (Wildman–Crippen MR) is 84.8 cm³/mol. The molecule has 0 radical (unpaired) electrons. The number of para-hydroxylation sites is 1. The van der Waals surface area contributed by atoms with Crippen LogP contribution in [0.1, 0.15) is 17.3 Å². The van der Waals surface area contributed by atoms with Crippen molar-refractivity contribution in [2.45, 2.75) is 6.92 Å². The number of anilines is 2. The minimum Gasteiger partial charge on any atom is -0.345 e. The average molecular weight is 294 g/mol. The maximum Gasteiger partial charge on any atom is 0.257 e. The molecule has 6 nitrogen and oxygen atoms in total. The summed E-state index contributed by atoms with van der Waals surface area (Å²) in [4.78, 5) is 30.6. The molecule has 0 spiro atoms. The first-order valence-electron chi connectivity index (χ1n) is 6.74. The molecule has 2 aromatic carbocycles. The number of carbonyl (C=O) groups excluding carboxylic acids is 2. The van der Waals surface area contributed by atoms with Crippen molar-refractivity contribution in [3.05, 3.63) is 54.4 Å². The third-order valence-electron chi connectivity index (χ3n) is 3.14. The molecule has 3 rings (SSSR count). The van der Waals surface area contributed by atoms with Crippen molar-refractivity contribution in [1.82, 2.24) is 9.97 Å². The van der Waals surface area contributed by atoms with Crippen LogP contribution in [0.2, 0.25) is 0 Å². The number of nitrogens with zero attached hydrogens (tertiary/aromatic N) is 1. The molecular formula is C16H14N4O2. The molecule has 2 amide bonds. The van der Waals surface area contributed by atoms with Gasteiger partial charge in [-0.3, -0.25) is 9.59 Å². The van der Waals surface area contributed by atoms with Gasteiger partial charge in [-0.1, -0.05) is 12.1 Å². The fraction of sp³-hybridized carbons (Fsp3) is 0.0625. The number of H-pyrrole nitrogens is 1. The first-order chi connectivity index (χ1) is 10.6. The molecule has 0 atom stereocenters. The normalized spacial score (nSPS) is 10.4. The molecule has 0 fully saturated rings. The zero-order chi connectivity index (χ0) is 15.5. The second kappa shape index (κ2) is 5.69. The molecule has 6 heteroatoms. The van der Waals surface area contributed by atoms with Crippen molar-refractivity contribution in [3.8, 4) is 0 Å². The fourth-order valence-corrected chi connectivity index (χ4v) is 2.23. The number of imidazole rings is 1. The van der Waals surface area contributed by atoms with Crippen molar-refractivity contribution in [2.24, 2.45) is 0 Å². The number of hydrogen-bond donors (Lipinski definition) is 3. The second-order valence-electron chi connectivity index (χ2n) is 4.82. The van der Waals surface area contributed by atoms with Gasteiger partial charge in [0.25, 0.3) is 5.91 Å². The van der Waals surface area contributed by atoms with Crippen molar-refractivity contribution >= 4 is 34.2 Å². The summed E-state index contributed by atoms with van der Waals surface area (Å²) in [5.74, 6) is -0.414. The van der Waals surface area contributed by atoms with E-state index in [0.717, 1.165) is 5.52 Å². The van der Waals surface area contributed by atoms with E-state index in [1.165, 1.54) is 6.92 Å². The lowest BCUT2D eigenvalue weighted by Crippen LogP contribution is -2.13. The van der Waals surface area contributed by atoms with Gasteiger partial charge in [0.2, 0.25) is 5.91 Å². The Balaban J connectivity index is 1.85. The molecule has 3 N–H and O–H groups in total. The molecule has 0 saturated heterocycles. The molecule has 1 heterocycles. The third-order valence-corrected chi connectivity index (χ3v) is 3.14. The lowest BCUT2D eigenvalue weighted by atomic mass is 10.1. The molecule has 1 aromatic heterocycles. The Kier molecular flexibility index (Phi) is 3.57. The van der Waals surface area contributed by atoms with E-state index in [9.17, 15) is 9.59 Å². The molecule has 110 valence electrons. The van der Waals surface area contributed by atoms with E-state index in [-0.39, 0.29) is 11.8 Å². The van der Waals surface area contributed by atoms with Crippen LogP contribution in [0.5, 0.6) is 0 Å². The number of nitrogens with one attached hydrogen (secondary N) is 3. The lowest BCUT2D eigenvalue weighted by Gasteiger charge is -2.08. The molecule has 0 bridgehead atoms. The summed E-state index contributed by atoms with van der Waals surface area (Å²) in [7, 11) is 0.